The van der Waals surface area contributed by atoms with Crippen LogP contribution in [-0.2, 0) is 38.6 Å². The van der Waals surface area contributed by atoms with Gasteiger partial charge in [0.15, 0.2) is 0 Å². The minimum atomic E-state index is -0.907. The summed E-state index contributed by atoms with van der Waals surface area (Å²) in [4.78, 5) is 37.2. The quantitative estimate of drug-likeness (QED) is 0.416. The molecule has 0 radical (unpaired) electrons. The Bertz CT molecular complexity index is 1100. The normalized spacial score (nSPS) is 12.2. The third-order valence-electron chi connectivity index (χ3n) is 5.39. The van der Waals surface area contributed by atoms with Crippen LogP contribution >= 0.6 is 0 Å². The van der Waals surface area contributed by atoms with Crippen LogP contribution in [0, 0.1) is 0 Å². The summed E-state index contributed by atoms with van der Waals surface area (Å²) in [6.45, 7) is 1.80. The molecular weight excluding hydrogens is 444 g/mol. The van der Waals surface area contributed by atoms with Crippen LogP contribution in [-0.4, -0.2) is 37.0 Å². The monoisotopic (exact) mass is 474 g/mol. The Morgan fingerprint density at radius 2 is 1.26 bits per heavy atom. The van der Waals surface area contributed by atoms with E-state index in [1.807, 2.05) is 84.9 Å². The van der Waals surface area contributed by atoms with E-state index in [1.54, 1.807) is 0 Å². The summed E-state index contributed by atoms with van der Waals surface area (Å²) in [5, 5.41) is 5.41. The molecule has 2 N–H and O–H groups in total. The third-order valence-corrected chi connectivity index (χ3v) is 5.39. The van der Waals surface area contributed by atoms with Gasteiger partial charge in [0.1, 0.15) is 24.4 Å². The van der Waals surface area contributed by atoms with Crippen molar-refractivity contribution >= 4 is 17.8 Å². The van der Waals surface area contributed by atoms with E-state index < -0.39 is 24.0 Å². The molecule has 2 atom stereocenters. The summed E-state index contributed by atoms with van der Waals surface area (Å²) in [7, 11) is 1.28. The molecule has 3 aromatic rings. The smallest absolute Gasteiger partial charge is 0.328 e. The SMILES string of the molecule is COC(=O)[C@H](Cc1ccc(OCc2ccccc2)cc1)NC(=O)[C@H](Cc1ccccc1)NC(C)=O. The second-order valence-corrected chi connectivity index (χ2v) is 8.15. The lowest BCUT2D eigenvalue weighted by molar-refractivity contribution is -0.145. The lowest BCUT2D eigenvalue weighted by atomic mass is 10.0. The number of carbonyl (C=O) groups is 3. The van der Waals surface area contributed by atoms with Crippen LogP contribution in [0.25, 0.3) is 0 Å². The molecule has 0 fully saturated rings. The van der Waals surface area contributed by atoms with Crippen molar-refractivity contribution in [3.05, 3.63) is 102 Å². The van der Waals surface area contributed by atoms with Crippen LogP contribution in [0.3, 0.4) is 0 Å². The number of amides is 2. The van der Waals surface area contributed by atoms with E-state index in [0.29, 0.717) is 18.8 Å². The average molecular weight is 475 g/mol. The number of carbonyl (C=O) groups excluding carboxylic acids is 3. The van der Waals surface area contributed by atoms with E-state index in [-0.39, 0.29) is 12.3 Å². The highest BCUT2D eigenvalue weighted by Gasteiger charge is 2.27. The van der Waals surface area contributed by atoms with E-state index in [1.165, 1.54) is 14.0 Å². The summed E-state index contributed by atoms with van der Waals surface area (Å²) >= 11 is 0. The predicted molar refractivity (Wildman–Crippen MR) is 133 cm³/mol. The van der Waals surface area contributed by atoms with Crippen LogP contribution < -0.4 is 15.4 Å². The number of benzene rings is 3. The first-order chi connectivity index (χ1) is 16.9. The van der Waals surface area contributed by atoms with Crippen molar-refractivity contribution in [2.24, 2.45) is 0 Å². The van der Waals surface area contributed by atoms with Gasteiger partial charge < -0.3 is 20.1 Å². The molecule has 0 heterocycles. The van der Waals surface area contributed by atoms with Gasteiger partial charge in [-0.3, -0.25) is 9.59 Å². The van der Waals surface area contributed by atoms with Crippen molar-refractivity contribution in [3.8, 4) is 5.75 Å². The molecule has 0 aromatic heterocycles. The maximum Gasteiger partial charge on any atom is 0.328 e. The summed E-state index contributed by atoms with van der Waals surface area (Å²) in [5.41, 5.74) is 2.78. The van der Waals surface area contributed by atoms with Gasteiger partial charge >= 0.3 is 5.97 Å². The molecule has 7 nitrogen and oxygen atoms in total. The van der Waals surface area contributed by atoms with Gasteiger partial charge in [-0.25, -0.2) is 4.79 Å². The molecule has 3 aromatic carbocycles. The second kappa shape index (κ2) is 12.9. The van der Waals surface area contributed by atoms with Gasteiger partial charge in [-0.2, -0.15) is 0 Å². The molecule has 0 saturated carbocycles. The summed E-state index contributed by atoms with van der Waals surface area (Å²) in [5.74, 6) is -0.655. The number of nitrogens with one attached hydrogen (secondary N) is 2. The molecule has 0 unspecified atom stereocenters. The fourth-order valence-electron chi connectivity index (χ4n) is 3.61. The molecule has 35 heavy (non-hydrogen) atoms. The fourth-order valence-corrected chi connectivity index (χ4v) is 3.61. The van der Waals surface area contributed by atoms with Crippen molar-refractivity contribution in [3.63, 3.8) is 0 Å². The number of methoxy groups -OCH3 is 1. The predicted octanol–water partition coefficient (Wildman–Crippen LogP) is 3.21. The average Bonchev–Trinajstić information content (AvgIpc) is 2.88. The first-order valence-electron chi connectivity index (χ1n) is 11.4. The Morgan fingerprint density at radius 3 is 1.83 bits per heavy atom. The Kier molecular flexibility index (Phi) is 9.42. The zero-order chi connectivity index (χ0) is 25.0. The van der Waals surface area contributed by atoms with Crippen LogP contribution in [0.5, 0.6) is 5.75 Å². The van der Waals surface area contributed by atoms with Gasteiger partial charge in [-0.05, 0) is 28.8 Å². The highest BCUT2D eigenvalue weighted by Crippen LogP contribution is 2.16. The highest BCUT2D eigenvalue weighted by molar-refractivity contribution is 5.90. The molecule has 0 aliphatic rings. The minimum absolute atomic E-state index is 0.232. The van der Waals surface area contributed by atoms with Gasteiger partial charge in [0.05, 0.1) is 7.11 Å². The van der Waals surface area contributed by atoms with Crippen molar-refractivity contribution in [1.82, 2.24) is 10.6 Å². The van der Waals surface area contributed by atoms with Crippen molar-refractivity contribution in [1.29, 1.82) is 0 Å². The molecule has 182 valence electrons. The van der Waals surface area contributed by atoms with Crippen molar-refractivity contribution in [2.75, 3.05) is 7.11 Å². The van der Waals surface area contributed by atoms with Crippen LogP contribution in [0.1, 0.15) is 23.6 Å². The molecular formula is C28H30N2O5. The Labute approximate surface area is 205 Å². The summed E-state index contributed by atoms with van der Waals surface area (Å²) in [6.07, 6.45) is 0.531. The van der Waals surface area contributed by atoms with Crippen LogP contribution in [0.2, 0.25) is 0 Å². The molecule has 0 aliphatic heterocycles. The zero-order valence-corrected chi connectivity index (χ0v) is 19.9. The summed E-state index contributed by atoms with van der Waals surface area (Å²) < 4.78 is 10.7. The Morgan fingerprint density at radius 1 is 0.714 bits per heavy atom. The van der Waals surface area contributed by atoms with E-state index in [2.05, 4.69) is 10.6 Å². The van der Waals surface area contributed by atoms with E-state index in [4.69, 9.17) is 9.47 Å². The maximum atomic E-state index is 13.0. The number of hydrogen-bond donors (Lipinski definition) is 2. The standard InChI is InChI=1S/C28H30N2O5/c1-20(31)29-25(17-21-9-5-3-6-10-21)27(32)30-26(28(33)34-2)18-22-13-15-24(16-14-22)35-19-23-11-7-4-8-12-23/h3-16,25-26H,17-19H2,1-2H3,(H,29,31)(H,30,32)/t25-,26-/m0/s1. The number of ether oxygens (including phenoxy) is 2. The van der Waals surface area contributed by atoms with Crippen LogP contribution in [0.4, 0.5) is 0 Å². The second-order valence-electron chi connectivity index (χ2n) is 8.15. The Balaban J connectivity index is 1.64. The maximum absolute atomic E-state index is 13.0. The third kappa shape index (κ3) is 8.30. The zero-order valence-electron chi connectivity index (χ0n) is 19.9. The largest absolute Gasteiger partial charge is 0.489 e. The fraction of sp³-hybridized carbons (Fsp3) is 0.250. The molecule has 7 heteroatoms. The summed E-state index contributed by atoms with van der Waals surface area (Å²) in [6, 6.07) is 24.8. The molecule has 0 bridgehead atoms. The Hall–Kier alpha value is -4.13. The molecule has 0 spiro atoms. The van der Waals surface area contributed by atoms with Gasteiger partial charge in [0, 0.05) is 19.8 Å². The lowest BCUT2D eigenvalue weighted by Gasteiger charge is -2.22. The van der Waals surface area contributed by atoms with Crippen molar-refractivity contribution in [2.45, 2.75) is 38.5 Å². The molecule has 0 aliphatic carbocycles. The van der Waals surface area contributed by atoms with Gasteiger partial charge in [0.2, 0.25) is 11.8 Å². The first-order valence-corrected chi connectivity index (χ1v) is 11.4. The first kappa shape index (κ1) is 25.5. The van der Waals surface area contributed by atoms with E-state index >= 15 is 0 Å². The molecule has 2 amide bonds. The van der Waals surface area contributed by atoms with Crippen molar-refractivity contribution < 1.29 is 23.9 Å². The van der Waals surface area contributed by atoms with Crippen LogP contribution in [0.15, 0.2) is 84.9 Å². The van der Waals surface area contributed by atoms with Gasteiger partial charge in [-0.15, -0.1) is 0 Å². The lowest BCUT2D eigenvalue weighted by Crippen LogP contribution is -2.53. The number of hydrogen-bond acceptors (Lipinski definition) is 5. The minimum Gasteiger partial charge on any atom is -0.489 e. The van der Waals surface area contributed by atoms with E-state index in [9.17, 15) is 14.4 Å². The molecule has 3 rings (SSSR count). The number of esters is 1. The molecule has 0 saturated heterocycles. The van der Waals surface area contributed by atoms with Gasteiger partial charge in [0.25, 0.3) is 0 Å². The van der Waals surface area contributed by atoms with Gasteiger partial charge in [-0.1, -0.05) is 72.8 Å². The topological polar surface area (TPSA) is 93.7 Å². The number of rotatable bonds is 11. The van der Waals surface area contributed by atoms with E-state index in [0.717, 1.165) is 16.7 Å². The highest BCUT2D eigenvalue weighted by atomic mass is 16.5.